The second-order valence-electron chi connectivity index (χ2n) is 4.82. The molecule has 108 valence electrons. The highest BCUT2D eigenvalue weighted by atomic mass is 16.6. The van der Waals surface area contributed by atoms with Crippen LogP contribution in [0.15, 0.2) is 12.1 Å². The summed E-state index contributed by atoms with van der Waals surface area (Å²) in [5, 5.41) is 10.8. The number of rotatable bonds is 3. The fourth-order valence-electron chi connectivity index (χ4n) is 2.42. The van der Waals surface area contributed by atoms with Gasteiger partial charge in [0.1, 0.15) is 11.5 Å². The Hall–Kier alpha value is -2.18. The molecule has 0 saturated carbocycles. The van der Waals surface area contributed by atoms with Crippen LogP contribution >= 0.6 is 0 Å². The van der Waals surface area contributed by atoms with Crippen molar-refractivity contribution >= 4 is 17.5 Å². The lowest BCUT2D eigenvalue weighted by Gasteiger charge is -2.31. The second kappa shape index (κ2) is 5.85. The second-order valence-corrected chi connectivity index (χ2v) is 4.82. The summed E-state index contributed by atoms with van der Waals surface area (Å²) < 4.78 is 4.74. The number of hydrogen-bond donors (Lipinski definition) is 0. The van der Waals surface area contributed by atoms with Gasteiger partial charge in [-0.05, 0) is 25.8 Å². The molecule has 7 nitrogen and oxygen atoms in total. The lowest BCUT2D eigenvalue weighted by atomic mass is 9.97. The highest BCUT2D eigenvalue weighted by Crippen LogP contribution is 2.25. The topological polar surface area (TPSA) is 85.6 Å². The zero-order chi connectivity index (χ0) is 14.7. The van der Waals surface area contributed by atoms with Crippen LogP contribution in [0.4, 0.5) is 11.5 Å². The van der Waals surface area contributed by atoms with Crippen molar-refractivity contribution in [3.8, 4) is 0 Å². The van der Waals surface area contributed by atoms with Crippen LogP contribution in [0.25, 0.3) is 0 Å². The molecule has 1 aromatic rings. The molecular formula is C13H17N3O4. The summed E-state index contributed by atoms with van der Waals surface area (Å²) in [5.74, 6) is 0.490. The van der Waals surface area contributed by atoms with E-state index in [1.165, 1.54) is 13.2 Å². The first kappa shape index (κ1) is 14.2. The molecule has 2 heterocycles. The molecule has 0 spiro atoms. The molecule has 1 fully saturated rings. The van der Waals surface area contributed by atoms with Crippen molar-refractivity contribution in [2.75, 3.05) is 25.1 Å². The molecule has 0 unspecified atom stereocenters. The SMILES string of the molecule is COC(=O)C1CCN(c2ccc([N+](=O)[O-])c(C)n2)CC1. The number of methoxy groups -OCH3 is 1. The summed E-state index contributed by atoms with van der Waals surface area (Å²) in [6.07, 6.45) is 1.43. The molecule has 0 N–H and O–H groups in total. The average molecular weight is 279 g/mol. The molecule has 1 aliphatic heterocycles. The molecular weight excluding hydrogens is 262 g/mol. The van der Waals surface area contributed by atoms with Crippen molar-refractivity contribution in [3.63, 3.8) is 0 Å². The normalized spacial score (nSPS) is 16.0. The van der Waals surface area contributed by atoms with Gasteiger partial charge in [-0.3, -0.25) is 14.9 Å². The van der Waals surface area contributed by atoms with Gasteiger partial charge in [0.15, 0.2) is 0 Å². The van der Waals surface area contributed by atoms with E-state index in [9.17, 15) is 14.9 Å². The number of piperidine rings is 1. The van der Waals surface area contributed by atoms with Gasteiger partial charge in [-0.15, -0.1) is 0 Å². The lowest BCUT2D eigenvalue weighted by Crippen LogP contribution is -2.37. The molecule has 0 radical (unpaired) electrons. The van der Waals surface area contributed by atoms with E-state index < -0.39 is 4.92 Å². The molecule has 1 saturated heterocycles. The predicted molar refractivity (Wildman–Crippen MR) is 72.6 cm³/mol. The molecule has 0 aliphatic carbocycles. The number of carbonyl (C=O) groups excluding carboxylic acids is 1. The first-order valence-corrected chi connectivity index (χ1v) is 6.47. The molecule has 7 heteroatoms. The van der Waals surface area contributed by atoms with Crippen LogP contribution in [0.2, 0.25) is 0 Å². The van der Waals surface area contributed by atoms with Crippen molar-refractivity contribution in [1.82, 2.24) is 4.98 Å². The van der Waals surface area contributed by atoms with Crippen molar-refractivity contribution < 1.29 is 14.5 Å². The molecule has 2 rings (SSSR count). The van der Waals surface area contributed by atoms with Gasteiger partial charge in [-0.2, -0.15) is 0 Å². The number of hydrogen-bond acceptors (Lipinski definition) is 6. The number of esters is 1. The fourth-order valence-corrected chi connectivity index (χ4v) is 2.42. The van der Waals surface area contributed by atoms with Gasteiger partial charge in [0.25, 0.3) is 5.69 Å². The van der Waals surface area contributed by atoms with E-state index in [1.807, 2.05) is 4.90 Å². The quantitative estimate of drug-likeness (QED) is 0.475. The van der Waals surface area contributed by atoms with Crippen LogP contribution in [-0.4, -0.2) is 36.1 Å². The van der Waals surface area contributed by atoms with E-state index in [2.05, 4.69) is 4.98 Å². The number of aryl methyl sites for hydroxylation is 1. The van der Waals surface area contributed by atoms with Crippen LogP contribution in [0.1, 0.15) is 18.5 Å². The Morgan fingerprint density at radius 2 is 2.10 bits per heavy atom. The largest absolute Gasteiger partial charge is 0.469 e. The highest BCUT2D eigenvalue weighted by molar-refractivity contribution is 5.72. The first-order chi connectivity index (χ1) is 9.52. The molecule has 0 bridgehead atoms. The highest BCUT2D eigenvalue weighted by Gasteiger charge is 2.26. The maximum atomic E-state index is 11.5. The molecule has 1 aromatic heterocycles. The Labute approximate surface area is 116 Å². The summed E-state index contributed by atoms with van der Waals surface area (Å²) in [4.78, 5) is 28.1. The average Bonchev–Trinajstić information content (AvgIpc) is 2.46. The molecule has 1 aliphatic rings. The molecule has 0 amide bonds. The van der Waals surface area contributed by atoms with Gasteiger partial charge in [0.05, 0.1) is 18.0 Å². The summed E-state index contributed by atoms with van der Waals surface area (Å²) in [6.45, 7) is 3.02. The standard InChI is InChI=1S/C13H17N3O4/c1-9-11(16(18)19)3-4-12(14-9)15-7-5-10(6-8-15)13(17)20-2/h3-4,10H,5-8H2,1-2H3. The Kier molecular flexibility index (Phi) is 4.16. The van der Waals surface area contributed by atoms with Crippen molar-refractivity contribution in [3.05, 3.63) is 27.9 Å². The number of aromatic nitrogens is 1. The zero-order valence-corrected chi connectivity index (χ0v) is 11.5. The number of nitro groups is 1. The van der Waals surface area contributed by atoms with Gasteiger partial charge < -0.3 is 9.64 Å². The Bertz CT molecular complexity index is 524. The van der Waals surface area contributed by atoms with Crippen molar-refractivity contribution in [2.45, 2.75) is 19.8 Å². The Morgan fingerprint density at radius 1 is 1.45 bits per heavy atom. The number of pyridine rings is 1. The van der Waals surface area contributed by atoms with Gasteiger partial charge in [-0.25, -0.2) is 4.98 Å². The van der Waals surface area contributed by atoms with Crippen molar-refractivity contribution in [2.24, 2.45) is 5.92 Å². The minimum Gasteiger partial charge on any atom is -0.469 e. The lowest BCUT2D eigenvalue weighted by molar-refractivity contribution is -0.385. The van der Waals surface area contributed by atoms with Gasteiger partial charge in [0, 0.05) is 19.2 Å². The first-order valence-electron chi connectivity index (χ1n) is 6.47. The van der Waals surface area contributed by atoms with Gasteiger partial charge in [0.2, 0.25) is 0 Å². The maximum absolute atomic E-state index is 11.5. The summed E-state index contributed by atoms with van der Waals surface area (Å²) in [7, 11) is 1.40. The number of nitrogens with zero attached hydrogens (tertiary/aromatic N) is 3. The summed E-state index contributed by atoms with van der Waals surface area (Å²) in [5.41, 5.74) is 0.431. The van der Waals surface area contributed by atoms with E-state index in [0.29, 0.717) is 31.6 Å². The predicted octanol–water partition coefficient (Wildman–Crippen LogP) is 1.69. The minimum absolute atomic E-state index is 0.0261. The zero-order valence-electron chi connectivity index (χ0n) is 11.5. The van der Waals surface area contributed by atoms with Crippen LogP contribution in [0, 0.1) is 23.0 Å². The number of ether oxygens (including phenoxy) is 1. The van der Waals surface area contributed by atoms with Crippen LogP contribution in [-0.2, 0) is 9.53 Å². The van der Waals surface area contributed by atoms with Gasteiger partial charge >= 0.3 is 5.97 Å². The van der Waals surface area contributed by atoms with Crippen LogP contribution in [0.3, 0.4) is 0 Å². The fraction of sp³-hybridized carbons (Fsp3) is 0.538. The third-order valence-electron chi connectivity index (χ3n) is 3.59. The smallest absolute Gasteiger partial charge is 0.308 e. The van der Waals surface area contributed by atoms with E-state index in [4.69, 9.17) is 4.74 Å². The van der Waals surface area contributed by atoms with Gasteiger partial charge in [-0.1, -0.05) is 0 Å². The Morgan fingerprint density at radius 3 is 2.60 bits per heavy atom. The number of anilines is 1. The van der Waals surface area contributed by atoms with E-state index in [0.717, 1.165) is 5.82 Å². The van der Waals surface area contributed by atoms with E-state index >= 15 is 0 Å². The minimum atomic E-state index is -0.435. The van der Waals surface area contributed by atoms with Crippen LogP contribution < -0.4 is 4.90 Å². The maximum Gasteiger partial charge on any atom is 0.308 e. The molecule has 0 aromatic carbocycles. The summed E-state index contributed by atoms with van der Waals surface area (Å²) >= 11 is 0. The van der Waals surface area contributed by atoms with Crippen molar-refractivity contribution in [1.29, 1.82) is 0 Å². The third-order valence-corrected chi connectivity index (χ3v) is 3.59. The van der Waals surface area contributed by atoms with E-state index in [1.54, 1.807) is 13.0 Å². The number of carbonyl (C=O) groups is 1. The monoisotopic (exact) mass is 279 g/mol. The summed E-state index contributed by atoms with van der Waals surface area (Å²) in [6, 6.07) is 3.13. The van der Waals surface area contributed by atoms with Crippen LogP contribution in [0.5, 0.6) is 0 Å². The molecule has 0 atom stereocenters. The molecule has 20 heavy (non-hydrogen) atoms. The third kappa shape index (κ3) is 2.87. The van der Waals surface area contributed by atoms with E-state index in [-0.39, 0.29) is 17.6 Å². The Balaban J connectivity index is 2.06.